The average Bonchev–Trinajstić information content (AvgIpc) is 2.68. The summed E-state index contributed by atoms with van der Waals surface area (Å²) in [5, 5.41) is 0.647. The predicted molar refractivity (Wildman–Crippen MR) is 122 cm³/mol. The van der Waals surface area contributed by atoms with E-state index in [-0.39, 0.29) is 0 Å². The Labute approximate surface area is 184 Å². The van der Waals surface area contributed by atoms with E-state index in [1.54, 1.807) is 0 Å². The minimum Gasteiger partial charge on any atom is -0.208 e. The second-order valence-electron chi connectivity index (χ2n) is 5.83. The fourth-order valence-electron chi connectivity index (χ4n) is 2.62. The van der Waals surface area contributed by atoms with Crippen LogP contribution in [0.3, 0.4) is 0 Å². The largest absolute Gasteiger partial charge is 0.208 e. The Kier molecular flexibility index (Phi) is 5.52. The first-order valence-electron chi connectivity index (χ1n) is 8.12. The number of hydrogen-bond acceptors (Lipinski definition) is 3. The second-order valence-corrected chi connectivity index (χ2v) is 8.43. The molecule has 0 aliphatic carbocycles. The van der Waals surface area contributed by atoms with Crippen molar-refractivity contribution in [2.45, 2.75) is 0 Å². The van der Waals surface area contributed by atoms with Crippen molar-refractivity contribution in [2.75, 3.05) is 0 Å². The molecule has 0 unspecified atom stereocenters. The summed E-state index contributed by atoms with van der Waals surface area (Å²) in [6.45, 7) is 0. The van der Waals surface area contributed by atoms with Crippen LogP contribution < -0.4 is 0 Å². The fraction of sp³-hybridized carbons (Fsp3) is 0. The van der Waals surface area contributed by atoms with Gasteiger partial charge in [0.25, 0.3) is 0 Å². The monoisotopic (exact) mass is 547 g/mol. The van der Waals surface area contributed by atoms with Gasteiger partial charge in [-0.2, -0.15) is 0 Å². The zero-order valence-electron chi connectivity index (χ0n) is 13.9. The van der Waals surface area contributed by atoms with Gasteiger partial charge in [-0.15, -0.1) is 0 Å². The van der Waals surface area contributed by atoms with Gasteiger partial charge in [-0.05, 0) is 59.0 Å². The van der Waals surface area contributed by atoms with Gasteiger partial charge < -0.3 is 0 Å². The van der Waals surface area contributed by atoms with E-state index in [2.05, 4.69) is 44.6 Å². The van der Waals surface area contributed by atoms with Crippen LogP contribution in [0.1, 0.15) is 0 Å². The maximum absolute atomic E-state index is 6.17. The van der Waals surface area contributed by atoms with E-state index in [0.29, 0.717) is 22.5 Å². The van der Waals surface area contributed by atoms with Crippen molar-refractivity contribution in [3.63, 3.8) is 0 Å². The minimum absolute atomic E-state index is 0.597. The van der Waals surface area contributed by atoms with Gasteiger partial charge in [0.1, 0.15) is 0 Å². The predicted octanol–water partition coefficient (Wildman–Crippen LogP) is 6.89. The van der Waals surface area contributed by atoms with E-state index >= 15 is 0 Å². The van der Waals surface area contributed by atoms with Crippen LogP contribution in [-0.4, -0.2) is 15.0 Å². The molecule has 0 atom stereocenters. The number of nitrogens with zero attached hydrogens (tertiary/aromatic N) is 3. The zero-order valence-corrected chi connectivity index (χ0v) is 18.4. The highest BCUT2D eigenvalue weighted by Crippen LogP contribution is 2.27. The Morgan fingerprint density at radius 2 is 1.22 bits per heavy atom. The van der Waals surface area contributed by atoms with Gasteiger partial charge in [0.15, 0.2) is 17.5 Å². The molecule has 1 heterocycles. The van der Waals surface area contributed by atoms with Crippen molar-refractivity contribution in [2.24, 2.45) is 0 Å². The third kappa shape index (κ3) is 4.36. The normalized spacial score (nSPS) is 10.8. The van der Waals surface area contributed by atoms with E-state index in [0.717, 1.165) is 24.7 Å². The molecule has 3 aromatic carbocycles. The maximum Gasteiger partial charge on any atom is 0.164 e. The van der Waals surface area contributed by atoms with Gasteiger partial charge in [-0.1, -0.05) is 63.9 Å². The Bertz CT molecular complexity index is 1050. The van der Waals surface area contributed by atoms with Crippen LogP contribution in [0.25, 0.3) is 34.2 Å². The summed E-state index contributed by atoms with van der Waals surface area (Å²) in [5.74, 6) is 1.86. The first-order chi connectivity index (χ1) is 13.1. The van der Waals surface area contributed by atoms with E-state index in [1.807, 2.05) is 66.7 Å². The van der Waals surface area contributed by atoms with Crippen LogP contribution in [0.2, 0.25) is 5.02 Å². The standard InChI is InChI=1S/C21H12BrClIN3/c22-16-9-7-13(8-10-16)19-25-20(14-3-1-5-17(23)11-14)27-21(26-19)15-4-2-6-18(24)12-15/h1-12H. The molecule has 0 saturated heterocycles. The number of hydrogen-bond donors (Lipinski definition) is 0. The summed E-state index contributed by atoms with van der Waals surface area (Å²) in [7, 11) is 0. The molecule has 1 aromatic heterocycles. The summed E-state index contributed by atoms with van der Waals surface area (Å²) >= 11 is 11.9. The molecule has 132 valence electrons. The molecule has 0 radical (unpaired) electrons. The van der Waals surface area contributed by atoms with E-state index in [1.165, 1.54) is 0 Å². The summed E-state index contributed by atoms with van der Waals surface area (Å²) in [4.78, 5) is 14.1. The Morgan fingerprint density at radius 1 is 0.667 bits per heavy atom. The topological polar surface area (TPSA) is 38.7 Å². The molecule has 0 N–H and O–H groups in total. The van der Waals surface area contributed by atoms with Crippen molar-refractivity contribution in [3.8, 4) is 34.2 Å². The van der Waals surface area contributed by atoms with E-state index < -0.39 is 0 Å². The average molecular weight is 549 g/mol. The zero-order chi connectivity index (χ0) is 18.8. The number of aromatic nitrogens is 3. The summed E-state index contributed by atoms with van der Waals surface area (Å²) in [6.07, 6.45) is 0. The number of rotatable bonds is 3. The third-order valence-electron chi connectivity index (χ3n) is 3.90. The maximum atomic E-state index is 6.17. The van der Waals surface area contributed by atoms with Crippen molar-refractivity contribution >= 4 is 50.1 Å². The lowest BCUT2D eigenvalue weighted by Crippen LogP contribution is -2.00. The Morgan fingerprint density at radius 3 is 1.81 bits per heavy atom. The molecule has 27 heavy (non-hydrogen) atoms. The third-order valence-corrected chi connectivity index (χ3v) is 5.34. The van der Waals surface area contributed by atoms with Gasteiger partial charge >= 0.3 is 0 Å². The van der Waals surface area contributed by atoms with Crippen LogP contribution in [-0.2, 0) is 0 Å². The Hall–Kier alpha value is -1.83. The second kappa shape index (κ2) is 8.04. The molecular weight excluding hydrogens is 537 g/mol. The fourth-order valence-corrected chi connectivity index (χ4v) is 3.62. The summed E-state index contributed by atoms with van der Waals surface area (Å²) in [5.41, 5.74) is 2.73. The molecule has 0 fully saturated rings. The quantitative estimate of drug-likeness (QED) is 0.262. The highest BCUT2D eigenvalue weighted by Gasteiger charge is 2.12. The molecule has 3 nitrogen and oxygen atoms in total. The molecule has 4 aromatic rings. The summed E-state index contributed by atoms with van der Waals surface area (Å²) in [6, 6.07) is 23.6. The molecule has 0 saturated carbocycles. The lowest BCUT2D eigenvalue weighted by Gasteiger charge is -2.09. The van der Waals surface area contributed by atoms with Crippen LogP contribution >= 0.6 is 50.1 Å². The van der Waals surface area contributed by atoms with Crippen LogP contribution in [0.4, 0.5) is 0 Å². The highest BCUT2D eigenvalue weighted by molar-refractivity contribution is 14.1. The number of benzene rings is 3. The van der Waals surface area contributed by atoms with E-state index in [9.17, 15) is 0 Å². The van der Waals surface area contributed by atoms with Gasteiger partial charge in [0.05, 0.1) is 0 Å². The van der Waals surface area contributed by atoms with Crippen LogP contribution in [0, 0.1) is 3.57 Å². The molecule has 4 rings (SSSR count). The first kappa shape index (κ1) is 18.5. The van der Waals surface area contributed by atoms with Gasteiger partial charge in [-0.3, -0.25) is 0 Å². The minimum atomic E-state index is 0.597. The number of halogens is 3. The van der Waals surface area contributed by atoms with Crippen molar-refractivity contribution < 1.29 is 0 Å². The van der Waals surface area contributed by atoms with Crippen molar-refractivity contribution in [1.29, 1.82) is 0 Å². The smallest absolute Gasteiger partial charge is 0.164 e. The molecule has 0 spiro atoms. The van der Waals surface area contributed by atoms with Gasteiger partial charge in [0, 0.05) is 29.8 Å². The highest BCUT2D eigenvalue weighted by atomic mass is 127. The Balaban J connectivity index is 1.92. The molecule has 0 amide bonds. The lowest BCUT2D eigenvalue weighted by atomic mass is 10.1. The van der Waals surface area contributed by atoms with Crippen LogP contribution in [0.15, 0.2) is 77.3 Å². The molecular formula is C21H12BrClIN3. The van der Waals surface area contributed by atoms with Crippen molar-refractivity contribution in [3.05, 3.63) is 85.9 Å². The van der Waals surface area contributed by atoms with Gasteiger partial charge in [-0.25, -0.2) is 15.0 Å². The lowest BCUT2D eigenvalue weighted by molar-refractivity contribution is 1.07. The van der Waals surface area contributed by atoms with Crippen LogP contribution in [0.5, 0.6) is 0 Å². The molecule has 0 bridgehead atoms. The summed E-state index contributed by atoms with van der Waals surface area (Å²) < 4.78 is 2.13. The first-order valence-corrected chi connectivity index (χ1v) is 10.4. The SMILES string of the molecule is Clc1cccc(-c2nc(-c3ccc(Br)cc3)nc(-c3cccc(I)c3)n2)c1. The molecule has 0 aliphatic rings. The van der Waals surface area contributed by atoms with E-state index in [4.69, 9.17) is 26.6 Å². The molecule has 6 heteroatoms. The molecule has 0 aliphatic heterocycles. The van der Waals surface area contributed by atoms with Gasteiger partial charge in [0.2, 0.25) is 0 Å². The van der Waals surface area contributed by atoms with Crippen molar-refractivity contribution in [1.82, 2.24) is 15.0 Å².